The summed E-state index contributed by atoms with van der Waals surface area (Å²) in [5, 5.41) is 9.04. The van der Waals surface area contributed by atoms with Crippen molar-refractivity contribution in [1.29, 1.82) is 0 Å². The van der Waals surface area contributed by atoms with E-state index in [1.165, 1.54) is 11.8 Å². The summed E-state index contributed by atoms with van der Waals surface area (Å²) in [5.41, 5.74) is 5.86. The number of amides is 1. The van der Waals surface area contributed by atoms with Gasteiger partial charge in [0.15, 0.2) is 0 Å². The molecule has 176 valence electrons. The number of hydrogen-bond donors (Lipinski definition) is 2. The van der Waals surface area contributed by atoms with Gasteiger partial charge in [-0.2, -0.15) is 0 Å². The molecule has 5 aromatic rings. The summed E-state index contributed by atoms with van der Waals surface area (Å²) >= 11 is 1.51. The smallest absolute Gasteiger partial charge is 0.254 e. The first kappa shape index (κ1) is 22.9. The fraction of sp³-hybridized carbons (Fsp3) is 0.179. The Morgan fingerprint density at radius 2 is 1.86 bits per heavy atom. The number of aromatic nitrogens is 3. The lowest BCUT2D eigenvalue weighted by molar-refractivity contribution is 0.0949. The van der Waals surface area contributed by atoms with Crippen LogP contribution in [-0.4, -0.2) is 27.6 Å². The fourth-order valence-electron chi connectivity index (χ4n) is 4.29. The molecule has 3 aromatic heterocycles. The summed E-state index contributed by atoms with van der Waals surface area (Å²) in [6.45, 7) is 4.29. The Morgan fingerprint density at radius 3 is 2.66 bits per heavy atom. The Kier molecular flexibility index (Phi) is 6.68. The van der Waals surface area contributed by atoms with E-state index < -0.39 is 0 Å². The number of aryl methyl sites for hydroxylation is 2. The van der Waals surface area contributed by atoms with E-state index in [1.807, 2.05) is 56.4 Å². The van der Waals surface area contributed by atoms with Gasteiger partial charge in [-0.25, -0.2) is 4.98 Å². The van der Waals surface area contributed by atoms with Gasteiger partial charge in [-0.05, 0) is 43.2 Å². The van der Waals surface area contributed by atoms with Gasteiger partial charge in [0, 0.05) is 47.1 Å². The maximum absolute atomic E-state index is 13.3. The number of carbonyl (C=O) groups is 1. The molecule has 1 amide bonds. The number of fused-ring (bicyclic) bond motifs is 1. The number of carbonyl (C=O) groups excluding carboxylic acids is 1. The topological polar surface area (TPSA) is 83.8 Å². The van der Waals surface area contributed by atoms with Crippen molar-refractivity contribution >= 4 is 28.6 Å². The van der Waals surface area contributed by atoms with Crippen LogP contribution in [0.4, 0.5) is 0 Å². The number of benzene rings is 2. The lowest BCUT2D eigenvalue weighted by Crippen LogP contribution is -2.29. The lowest BCUT2D eigenvalue weighted by Gasteiger charge is -2.18. The van der Waals surface area contributed by atoms with E-state index in [0.29, 0.717) is 22.9 Å². The molecule has 2 aromatic carbocycles. The highest BCUT2D eigenvalue weighted by Gasteiger charge is 2.21. The number of H-pyrrole nitrogens is 1. The normalized spacial score (nSPS) is 12.1. The first-order valence-corrected chi connectivity index (χ1v) is 12.5. The van der Waals surface area contributed by atoms with Gasteiger partial charge in [0.25, 0.3) is 5.91 Å². The third-order valence-electron chi connectivity index (χ3n) is 6.22. The molecule has 7 heteroatoms. The summed E-state index contributed by atoms with van der Waals surface area (Å²) in [5.74, 6) is 1.30. The van der Waals surface area contributed by atoms with E-state index in [-0.39, 0.29) is 11.8 Å². The molecule has 0 radical (unpaired) electrons. The molecule has 0 aliphatic rings. The predicted octanol–water partition coefficient (Wildman–Crippen LogP) is 6.02. The van der Waals surface area contributed by atoms with Crippen molar-refractivity contribution in [1.82, 2.24) is 20.4 Å². The molecule has 2 N–H and O–H groups in total. The Labute approximate surface area is 208 Å². The van der Waals surface area contributed by atoms with Crippen LogP contribution in [0.2, 0.25) is 0 Å². The van der Waals surface area contributed by atoms with Crippen molar-refractivity contribution in [3.05, 3.63) is 113 Å². The second-order valence-electron chi connectivity index (χ2n) is 8.41. The predicted molar refractivity (Wildman–Crippen MR) is 139 cm³/mol. The fourth-order valence-corrected chi connectivity index (χ4v) is 5.44. The van der Waals surface area contributed by atoms with Crippen molar-refractivity contribution in [3.8, 4) is 0 Å². The highest BCUT2D eigenvalue weighted by atomic mass is 32.2. The van der Waals surface area contributed by atoms with Gasteiger partial charge < -0.3 is 14.8 Å². The molecular weight excluding hydrogens is 456 g/mol. The second kappa shape index (κ2) is 10.2. The molecule has 35 heavy (non-hydrogen) atoms. The zero-order valence-electron chi connectivity index (χ0n) is 19.6. The molecule has 0 saturated heterocycles. The van der Waals surface area contributed by atoms with Gasteiger partial charge in [0.05, 0.1) is 11.3 Å². The summed E-state index contributed by atoms with van der Waals surface area (Å²) in [6, 6.07) is 22.1. The highest BCUT2D eigenvalue weighted by Crippen LogP contribution is 2.31. The van der Waals surface area contributed by atoms with Crippen LogP contribution in [-0.2, 0) is 5.75 Å². The number of nitrogens with one attached hydrogen (secondary N) is 2. The van der Waals surface area contributed by atoms with Gasteiger partial charge in [-0.15, -0.1) is 11.8 Å². The molecule has 0 aliphatic carbocycles. The van der Waals surface area contributed by atoms with Crippen LogP contribution in [0.3, 0.4) is 0 Å². The van der Waals surface area contributed by atoms with Crippen LogP contribution < -0.4 is 5.32 Å². The van der Waals surface area contributed by atoms with Crippen LogP contribution in [0.15, 0.2) is 88.7 Å². The average Bonchev–Trinajstić information content (AvgIpc) is 3.46. The maximum atomic E-state index is 13.3. The molecule has 0 bridgehead atoms. The van der Waals surface area contributed by atoms with Crippen LogP contribution in [0.1, 0.15) is 44.4 Å². The number of pyridine rings is 1. The van der Waals surface area contributed by atoms with Crippen molar-refractivity contribution in [2.24, 2.45) is 0 Å². The summed E-state index contributed by atoms with van der Waals surface area (Å²) in [6.07, 6.45) is 3.76. The Morgan fingerprint density at radius 1 is 1.06 bits per heavy atom. The standard InChI is InChI=1S/C28H26N4O2S/c1-18-25(19(2)34-32-18)17-35-28-22(12-8-14-29-28)27(33)31-15-23(20-9-4-3-5-10-20)24-16-30-26-13-7-6-11-21(24)26/h3-14,16,23,30H,15,17H2,1-2H3,(H,31,33). The zero-order chi connectivity index (χ0) is 24.2. The van der Waals surface area contributed by atoms with Crippen LogP contribution in [0.25, 0.3) is 10.9 Å². The van der Waals surface area contributed by atoms with Crippen molar-refractivity contribution in [3.63, 3.8) is 0 Å². The second-order valence-corrected chi connectivity index (χ2v) is 9.37. The molecule has 5 rings (SSSR count). The maximum Gasteiger partial charge on any atom is 0.254 e. The van der Waals surface area contributed by atoms with Gasteiger partial charge in [-0.3, -0.25) is 4.79 Å². The van der Waals surface area contributed by atoms with Gasteiger partial charge in [0.2, 0.25) is 0 Å². The summed E-state index contributed by atoms with van der Waals surface area (Å²) in [7, 11) is 0. The highest BCUT2D eigenvalue weighted by molar-refractivity contribution is 7.98. The van der Waals surface area contributed by atoms with E-state index in [4.69, 9.17) is 4.52 Å². The molecule has 3 heterocycles. The Bertz CT molecular complexity index is 1440. The minimum absolute atomic E-state index is 0.00591. The van der Waals surface area contributed by atoms with E-state index in [2.05, 4.69) is 44.7 Å². The molecule has 0 fully saturated rings. The van der Waals surface area contributed by atoms with Crippen molar-refractivity contribution in [2.45, 2.75) is 30.5 Å². The largest absolute Gasteiger partial charge is 0.361 e. The first-order valence-electron chi connectivity index (χ1n) is 11.5. The number of rotatable bonds is 8. The third kappa shape index (κ3) is 4.86. The molecule has 6 nitrogen and oxygen atoms in total. The molecule has 0 spiro atoms. The SMILES string of the molecule is Cc1noc(C)c1CSc1ncccc1C(=O)NCC(c1ccccc1)c1c[nH]c2ccccc12. The van der Waals surface area contributed by atoms with E-state index in [1.54, 1.807) is 12.3 Å². The number of thioether (sulfide) groups is 1. The monoisotopic (exact) mass is 482 g/mol. The minimum atomic E-state index is -0.139. The number of hydrogen-bond acceptors (Lipinski definition) is 5. The molecule has 0 saturated carbocycles. The molecule has 1 unspecified atom stereocenters. The van der Waals surface area contributed by atoms with E-state index in [0.717, 1.165) is 39.0 Å². The zero-order valence-corrected chi connectivity index (χ0v) is 20.4. The van der Waals surface area contributed by atoms with Crippen molar-refractivity contribution < 1.29 is 9.32 Å². The number of para-hydroxylation sites is 1. The lowest BCUT2D eigenvalue weighted by atomic mass is 9.91. The minimum Gasteiger partial charge on any atom is -0.361 e. The number of aromatic amines is 1. The van der Waals surface area contributed by atoms with Gasteiger partial charge >= 0.3 is 0 Å². The van der Waals surface area contributed by atoms with Gasteiger partial charge in [-0.1, -0.05) is 53.7 Å². The van der Waals surface area contributed by atoms with Crippen LogP contribution >= 0.6 is 11.8 Å². The summed E-state index contributed by atoms with van der Waals surface area (Å²) in [4.78, 5) is 21.2. The summed E-state index contributed by atoms with van der Waals surface area (Å²) < 4.78 is 5.27. The van der Waals surface area contributed by atoms with Gasteiger partial charge in [0.1, 0.15) is 10.8 Å². The Hall–Kier alpha value is -3.84. The molecule has 0 aliphatic heterocycles. The third-order valence-corrected chi connectivity index (χ3v) is 7.25. The van der Waals surface area contributed by atoms with E-state index in [9.17, 15) is 4.79 Å². The van der Waals surface area contributed by atoms with Crippen molar-refractivity contribution in [2.75, 3.05) is 6.54 Å². The van der Waals surface area contributed by atoms with Crippen LogP contribution in [0.5, 0.6) is 0 Å². The Balaban J connectivity index is 1.37. The van der Waals surface area contributed by atoms with E-state index >= 15 is 0 Å². The molecular formula is C28H26N4O2S. The first-order chi connectivity index (χ1) is 17.1. The average molecular weight is 483 g/mol. The number of nitrogens with zero attached hydrogens (tertiary/aromatic N) is 2. The molecule has 1 atom stereocenters. The quantitative estimate of drug-likeness (QED) is 0.264. The van der Waals surface area contributed by atoms with Crippen LogP contribution in [0, 0.1) is 13.8 Å².